The molecule has 1 aliphatic rings. The second kappa shape index (κ2) is 9.51. The molecule has 0 atom stereocenters. The first-order valence-corrected chi connectivity index (χ1v) is 12.4. The van der Waals surface area contributed by atoms with Gasteiger partial charge >= 0.3 is 0 Å². The van der Waals surface area contributed by atoms with Crippen LogP contribution in [0.3, 0.4) is 0 Å². The Bertz CT molecular complexity index is 1280. The maximum atomic E-state index is 13.4. The molecular formula is C24H19ClN4O2S2. The number of nitrogens with zero attached hydrogens (tertiary/aromatic N) is 4. The number of halogens is 1. The predicted molar refractivity (Wildman–Crippen MR) is 132 cm³/mol. The molecule has 0 unspecified atom stereocenters. The third-order valence-corrected chi connectivity index (χ3v) is 7.57. The summed E-state index contributed by atoms with van der Waals surface area (Å²) in [7, 11) is 1.86. The Morgan fingerprint density at radius 3 is 2.30 bits per heavy atom. The Morgan fingerprint density at radius 1 is 0.970 bits per heavy atom. The Labute approximate surface area is 204 Å². The first kappa shape index (κ1) is 21.9. The van der Waals surface area contributed by atoms with E-state index in [-0.39, 0.29) is 18.3 Å². The van der Waals surface area contributed by atoms with Gasteiger partial charge in [-0.2, -0.15) is 0 Å². The minimum absolute atomic E-state index is 0.0166. The van der Waals surface area contributed by atoms with E-state index in [1.165, 1.54) is 11.8 Å². The lowest BCUT2D eigenvalue weighted by atomic mass is 10.2. The summed E-state index contributed by atoms with van der Waals surface area (Å²) in [5, 5.41) is 9.65. The van der Waals surface area contributed by atoms with Crippen LogP contribution in [0, 0.1) is 0 Å². The van der Waals surface area contributed by atoms with Gasteiger partial charge in [-0.05, 0) is 36.4 Å². The number of aromatic nitrogens is 3. The van der Waals surface area contributed by atoms with Crippen LogP contribution in [0.15, 0.2) is 87.7 Å². The lowest BCUT2D eigenvalue weighted by molar-refractivity contribution is -0.115. The lowest BCUT2D eigenvalue weighted by Crippen LogP contribution is -2.30. The van der Waals surface area contributed by atoms with E-state index in [0.29, 0.717) is 21.8 Å². The lowest BCUT2D eigenvalue weighted by Gasteiger charge is -2.30. The summed E-state index contributed by atoms with van der Waals surface area (Å²) in [6, 6.07) is 23.2. The molecule has 1 aliphatic heterocycles. The average Bonchev–Trinajstić information content (AvgIpc) is 3.19. The van der Waals surface area contributed by atoms with Crippen molar-refractivity contribution in [1.29, 1.82) is 0 Å². The number of carbonyl (C=O) groups is 1. The van der Waals surface area contributed by atoms with Crippen LogP contribution in [0.25, 0.3) is 0 Å². The molecule has 6 nitrogen and oxygen atoms in total. The van der Waals surface area contributed by atoms with Crippen LogP contribution in [-0.2, 0) is 18.4 Å². The van der Waals surface area contributed by atoms with Crippen molar-refractivity contribution in [2.45, 2.75) is 21.6 Å². The number of ether oxygens (including phenoxy) is 1. The van der Waals surface area contributed by atoms with Gasteiger partial charge in [-0.3, -0.25) is 9.69 Å². The highest BCUT2D eigenvalue weighted by molar-refractivity contribution is 8.00. The minimum Gasteiger partial charge on any atom is -0.484 e. The van der Waals surface area contributed by atoms with Gasteiger partial charge in [0.25, 0.3) is 0 Å². The number of hydrogen-bond donors (Lipinski definition) is 0. The standard InChI is InChI=1S/C24H19ClN4O2S2/c1-28-22(14-31-19-11-5-2-8-16(19)25)26-27-24(28)32-15-23(30)29-17-9-3-6-12-20(17)33-21-13-7-4-10-18(21)29/h2-13H,14-15H2,1H3. The van der Waals surface area contributed by atoms with Crippen LogP contribution < -0.4 is 9.64 Å². The Balaban J connectivity index is 1.30. The van der Waals surface area contributed by atoms with Gasteiger partial charge in [-0.1, -0.05) is 71.5 Å². The zero-order valence-electron chi connectivity index (χ0n) is 17.6. The summed E-state index contributed by atoms with van der Waals surface area (Å²) >= 11 is 9.18. The van der Waals surface area contributed by atoms with Crippen molar-refractivity contribution in [2.24, 2.45) is 7.05 Å². The van der Waals surface area contributed by atoms with Gasteiger partial charge in [0.1, 0.15) is 12.4 Å². The highest BCUT2D eigenvalue weighted by atomic mass is 35.5. The maximum absolute atomic E-state index is 13.4. The van der Waals surface area contributed by atoms with Crippen LogP contribution >= 0.6 is 35.1 Å². The Morgan fingerprint density at radius 2 is 1.61 bits per heavy atom. The molecule has 5 rings (SSSR count). The van der Waals surface area contributed by atoms with Crippen LogP contribution in [-0.4, -0.2) is 26.4 Å². The van der Waals surface area contributed by atoms with E-state index in [2.05, 4.69) is 10.2 Å². The normalized spacial score (nSPS) is 12.2. The van der Waals surface area contributed by atoms with Crippen LogP contribution in [0.2, 0.25) is 5.02 Å². The van der Waals surface area contributed by atoms with Crippen molar-refractivity contribution in [3.63, 3.8) is 0 Å². The maximum Gasteiger partial charge on any atom is 0.242 e. The van der Waals surface area contributed by atoms with Gasteiger partial charge in [0.2, 0.25) is 5.91 Å². The molecular weight excluding hydrogens is 476 g/mol. The second-order valence-electron chi connectivity index (χ2n) is 7.23. The average molecular weight is 495 g/mol. The first-order chi connectivity index (χ1) is 16.1. The zero-order chi connectivity index (χ0) is 22.8. The molecule has 0 aliphatic carbocycles. The van der Waals surface area contributed by atoms with Crippen molar-refractivity contribution in [3.05, 3.63) is 83.6 Å². The Kier molecular flexibility index (Phi) is 6.30. The van der Waals surface area contributed by atoms with Gasteiger partial charge in [0.05, 0.1) is 22.2 Å². The van der Waals surface area contributed by atoms with E-state index in [1.54, 1.807) is 28.8 Å². The second-order valence-corrected chi connectivity index (χ2v) is 9.67. The predicted octanol–water partition coefficient (Wildman–Crippen LogP) is 5.97. The summed E-state index contributed by atoms with van der Waals surface area (Å²) in [6.45, 7) is 0.228. The number of fused-ring (bicyclic) bond motifs is 2. The number of benzene rings is 3. The van der Waals surface area contributed by atoms with E-state index in [9.17, 15) is 4.79 Å². The summed E-state index contributed by atoms with van der Waals surface area (Å²) in [5.41, 5.74) is 1.80. The van der Waals surface area contributed by atoms with Crippen LogP contribution in [0.1, 0.15) is 5.82 Å². The minimum atomic E-state index is -0.0166. The van der Waals surface area contributed by atoms with Crippen molar-refractivity contribution in [1.82, 2.24) is 14.8 Å². The van der Waals surface area contributed by atoms with E-state index in [4.69, 9.17) is 16.3 Å². The van der Waals surface area contributed by atoms with Crippen LogP contribution in [0.5, 0.6) is 5.75 Å². The zero-order valence-corrected chi connectivity index (χ0v) is 20.0. The van der Waals surface area contributed by atoms with Crippen molar-refractivity contribution >= 4 is 52.4 Å². The molecule has 33 heavy (non-hydrogen) atoms. The smallest absolute Gasteiger partial charge is 0.242 e. The molecule has 1 aromatic heterocycles. The van der Waals surface area contributed by atoms with Crippen molar-refractivity contribution in [2.75, 3.05) is 10.7 Å². The number of hydrogen-bond acceptors (Lipinski definition) is 6. The summed E-state index contributed by atoms with van der Waals surface area (Å²) in [5.74, 6) is 1.45. The molecule has 3 aromatic carbocycles. The number of carbonyl (C=O) groups excluding carboxylic acids is 1. The number of para-hydroxylation sites is 3. The Hall–Kier alpha value is -2.94. The first-order valence-electron chi connectivity index (χ1n) is 10.2. The molecule has 0 spiro atoms. The fourth-order valence-electron chi connectivity index (χ4n) is 3.46. The fourth-order valence-corrected chi connectivity index (χ4v) is 5.49. The summed E-state index contributed by atoms with van der Waals surface area (Å²) in [6.07, 6.45) is 0. The topological polar surface area (TPSA) is 60.2 Å². The van der Waals surface area contributed by atoms with Crippen molar-refractivity contribution in [3.8, 4) is 5.75 Å². The monoisotopic (exact) mass is 494 g/mol. The molecule has 9 heteroatoms. The molecule has 0 N–H and O–H groups in total. The van der Waals surface area contributed by atoms with Gasteiger partial charge in [-0.15, -0.1) is 10.2 Å². The summed E-state index contributed by atoms with van der Waals surface area (Å²) < 4.78 is 7.61. The van der Waals surface area contributed by atoms with E-state index in [1.807, 2.05) is 72.3 Å². The summed E-state index contributed by atoms with van der Waals surface area (Å²) in [4.78, 5) is 17.3. The molecule has 0 bridgehead atoms. The largest absolute Gasteiger partial charge is 0.484 e. The number of rotatable bonds is 6. The molecule has 0 fully saturated rings. The SMILES string of the molecule is Cn1c(COc2ccccc2Cl)nnc1SCC(=O)N1c2ccccc2Sc2ccccc21. The third kappa shape index (κ3) is 4.46. The highest BCUT2D eigenvalue weighted by Gasteiger charge is 2.28. The van der Waals surface area contributed by atoms with Gasteiger partial charge in [0, 0.05) is 16.8 Å². The molecule has 0 saturated heterocycles. The third-order valence-electron chi connectivity index (χ3n) is 5.12. The van der Waals surface area contributed by atoms with Gasteiger partial charge in [0.15, 0.2) is 11.0 Å². The molecule has 0 saturated carbocycles. The quantitative estimate of drug-likeness (QED) is 0.308. The van der Waals surface area contributed by atoms with E-state index in [0.717, 1.165) is 21.2 Å². The van der Waals surface area contributed by atoms with Gasteiger partial charge < -0.3 is 9.30 Å². The van der Waals surface area contributed by atoms with E-state index < -0.39 is 0 Å². The molecule has 1 amide bonds. The van der Waals surface area contributed by atoms with Crippen molar-refractivity contribution < 1.29 is 9.53 Å². The molecule has 0 radical (unpaired) electrons. The van der Waals surface area contributed by atoms with E-state index >= 15 is 0 Å². The molecule has 4 aromatic rings. The number of thioether (sulfide) groups is 1. The van der Waals surface area contributed by atoms with Crippen LogP contribution in [0.4, 0.5) is 11.4 Å². The fraction of sp³-hybridized carbons (Fsp3) is 0.125. The number of amides is 1. The van der Waals surface area contributed by atoms with Gasteiger partial charge in [-0.25, -0.2) is 0 Å². The number of anilines is 2. The molecule has 166 valence electrons. The molecule has 2 heterocycles. The highest BCUT2D eigenvalue weighted by Crippen LogP contribution is 2.48.